The van der Waals surface area contributed by atoms with Gasteiger partial charge in [0.05, 0.1) is 6.54 Å². The molecule has 1 aromatic heterocycles. The fourth-order valence-electron chi connectivity index (χ4n) is 4.00. The standard InChI is InChI=1S/C27H31N3O4/c1-27(2,3)20-7-4-18(5-8-20)13-30(14-19-6-11-23-24(12-19)34-17-33-23)15-25-29-22(16-32-25)26(31)28-21-9-10-21/h4-8,11-12,16,21H,9-10,13-15,17H2,1-3H3,(H,28,31). The van der Waals surface area contributed by atoms with Crippen LogP contribution in [0.3, 0.4) is 0 Å². The van der Waals surface area contributed by atoms with Gasteiger partial charge in [-0.25, -0.2) is 4.98 Å². The summed E-state index contributed by atoms with van der Waals surface area (Å²) in [4.78, 5) is 19.0. The summed E-state index contributed by atoms with van der Waals surface area (Å²) in [5, 5.41) is 2.96. The number of carbonyl (C=O) groups excluding carboxylic acids is 1. The van der Waals surface area contributed by atoms with E-state index >= 15 is 0 Å². The smallest absolute Gasteiger partial charge is 0.273 e. The molecule has 0 bridgehead atoms. The van der Waals surface area contributed by atoms with Gasteiger partial charge in [-0.2, -0.15) is 0 Å². The van der Waals surface area contributed by atoms with Crippen molar-refractivity contribution in [2.45, 2.75) is 64.7 Å². The van der Waals surface area contributed by atoms with Crippen molar-refractivity contribution in [1.82, 2.24) is 15.2 Å². The third kappa shape index (κ3) is 5.42. The lowest BCUT2D eigenvalue weighted by Crippen LogP contribution is -2.26. The second kappa shape index (κ2) is 9.14. The van der Waals surface area contributed by atoms with Crippen molar-refractivity contribution in [3.05, 3.63) is 77.0 Å². The molecular weight excluding hydrogens is 430 g/mol. The summed E-state index contributed by atoms with van der Waals surface area (Å²) in [7, 11) is 0. The maximum Gasteiger partial charge on any atom is 0.273 e. The Balaban J connectivity index is 1.33. The SMILES string of the molecule is CC(C)(C)c1ccc(CN(Cc2ccc3c(c2)OCO3)Cc2nc(C(=O)NC3CC3)co2)cc1. The molecule has 0 unspecified atom stereocenters. The molecule has 178 valence electrons. The number of ether oxygens (including phenoxy) is 2. The van der Waals surface area contributed by atoms with E-state index in [0.717, 1.165) is 29.9 Å². The molecule has 0 saturated heterocycles. The van der Waals surface area contributed by atoms with Gasteiger partial charge >= 0.3 is 0 Å². The van der Waals surface area contributed by atoms with Crippen LogP contribution in [-0.4, -0.2) is 28.6 Å². The second-order valence-electron chi connectivity index (χ2n) is 10.2. The van der Waals surface area contributed by atoms with E-state index in [0.29, 0.717) is 31.2 Å². The number of oxazole rings is 1. The first-order chi connectivity index (χ1) is 16.3. The van der Waals surface area contributed by atoms with Crippen LogP contribution < -0.4 is 14.8 Å². The van der Waals surface area contributed by atoms with Crippen LogP contribution in [0.25, 0.3) is 0 Å². The first kappa shape index (κ1) is 22.5. The number of aromatic nitrogens is 1. The lowest BCUT2D eigenvalue weighted by Gasteiger charge is -2.23. The zero-order valence-corrected chi connectivity index (χ0v) is 20.0. The van der Waals surface area contributed by atoms with Crippen LogP contribution in [0.15, 0.2) is 53.1 Å². The number of hydrogen-bond donors (Lipinski definition) is 1. The number of fused-ring (bicyclic) bond motifs is 1. The van der Waals surface area contributed by atoms with Gasteiger partial charge < -0.3 is 19.2 Å². The predicted octanol–water partition coefficient (Wildman–Crippen LogP) is 4.80. The second-order valence-corrected chi connectivity index (χ2v) is 10.2. The molecule has 1 aliphatic heterocycles. The normalized spacial score (nSPS) is 15.1. The van der Waals surface area contributed by atoms with E-state index in [1.165, 1.54) is 17.4 Å². The van der Waals surface area contributed by atoms with Crippen molar-refractivity contribution < 1.29 is 18.7 Å². The quantitative estimate of drug-likeness (QED) is 0.520. The van der Waals surface area contributed by atoms with Crippen LogP contribution in [0.5, 0.6) is 11.5 Å². The summed E-state index contributed by atoms with van der Waals surface area (Å²) in [6.45, 7) is 8.76. The first-order valence-electron chi connectivity index (χ1n) is 11.8. The zero-order chi connectivity index (χ0) is 23.7. The highest BCUT2D eigenvalue weighted by molar-refractivity contribution is 5.92. The monoisotopic (exact) mass is 461 g/mol. The maximum absolute atomic E-state index is 12.3. The largest absolute Gasteiger partial charge is 0.454 e. The molecule has 7 nitrogen and oxygen atoms in total. The average molecular weight is 462 g/mol. The van der Waals surface area contributed by atoms with E-state index in [1.54, 1.807) is 0 Å². The number of nitrogens with one attached hydrogen (secondary N) is 1. The molecule has 0 spiro atoms. The molecule has 1 N–H and O–H groups in total. The summed E-state index contributed by atoms with van der Waals surface area (Å²) >= 11 is 0. The number of benzene rings is 2. The highest BCUT2D eigenvalue weighted by Crippen LogP contribution is 2.33. The fraction of sp³-hybridized carbons (Fsp3) is 0.407. The molecule has 0 radical (unpaired) electrons. The Kier molecular flexibility index (Phi) is 6.04. The van der Waals surface area contributed by atoms with Gasteiger partial charge in [0.15, 0.2) is 17.2 Å². The van der Waals surface area contributed by atoms with E-state index in [1.807, 2.05) is 18.2 Å². The summed E-state index contributed by atoms with van der Waals surface area (Å²) in [6, 6.07) is 15.0. The topological polar surface area (TPSA) is 76.8 Å². The lowest BCUT2D eigenvalue weighted by atomic mass is 9.87. The van der Waals surface area contributed by atoms with Gasteiger partial charge in [-0.05, 0) is 47.1 Å². The predicted molar refractivity (Wildman–Crippen MR) is 128 cm³/mol. The van der Waals surface area contributed by atoms with Gasteiger partial charge in [0, 0.05) is 19.1 Å². The van der Waals surface area contributed by atoms with Crippen molar-refractivity contribution >= 4 is 5.91 Å². The summed E-state index contributed by atoms with van der Waals surface area (Å²) in [5.41, 5.74) is 4.05. The number of carbonyl (C=O) groups is 1. The minimum absolute atomic E-state index is 0.111. The van der Waals surface area contributed by atoms with Crippen LogP contribution in [0.4, 0.5) is 0 Å². The van der Waals surface area contributed by atoms with Gasteiger partial charge in [-0.3, -0.25) is 9.69 Å². The molecule has 1 amide bonds. The Morgan fingerprint density at radius 2 is 1.71 bits per heavy atom. The Hall–Kier alpha value is -3.32. The van der Waals surface area contributed by atoms with E-state index in [4.69, 9.17) is 13.9 Å². The van der Waals surface area contributed by atoms with E-state index in [9.17, 15) is 4.79 Å². The van der Waals surface area contributed by atoms with Gasteiger partial charge in [-0.1, -0.05) is 51.1 Å². The highest BCUT2D eigenvalue weighted by atomic mass is 16.7. The highest BCUT2D eigenvalue weighted by Gasteiger charge is 2.25. The molecule has 3 aromatic rings. The van der Waals surface area contributed by atoms with Gasteiger partial charge in [-0.15, -0.1) is 0 Å². The van der Waals surface area contributed by atoms with Gasteiger partial charge in [0.25, 0.3) is 5.91 Å². The zero-order valence-electron chi connectivity index (χ0n) is 20.0. The van der Waals surface area contributed by atoms with Gasteiger partial charge in [0.2, 0.25) is 12.7 Å². The summed E-state index contributed by atoms with van der Waals surface area (Å²) < 4.78 is 16.7. The van der Waals surface area contributed by atoms with Crippen molar-refractivity contribution in [3.63, 3.8) is 0 Å². The van der Waals surface area contributed by atoms with Crippen molar-refractivity contribution in [1.29, 1.82) is 0 Å². The number of amides is 1. The average Bonchev–Trinajstić information content (AvgIpc) is 3.28. The third-order valence-electron chi connectivity index (χ3n) is 6.13. The van der Waals surface area contributed by atoms with E-state index in [-0.39, 0.29) is 24.2 Å². The molecule has 34 heavy (non-hydrogen) atoms. The van der Waals surface area contributed by atoms with Gasteiger partial charge in [0.1, 0.15) is 6.26 Å². The Morgan fingerprint density at radius 1 is 1.00 bits per heavy atom. The van der Waals surface area contributed by atoms with Crippen LogP contribution >= 0.6 is 0 Å². The Labute approximate surface area is 200 Å². The van der Waals surface area contributed by atoms with Crippen LogP contribution in [-0.2, 0) is 25.0 Å². The molecular formula is C27H31N3O4. The van der Waals surface area contributed by atoms with E-state index in [2.05, 4.69) is 60.2 Å². The molecule has 0 atom stereocenters. The number of rotatable bonds is 8. The van der Waals surface area contributed by atoms with Crippen molar-refractivity contribution in [3.8, 4) is 11.5 Å². The Morgan fingerprint density at radius 3 is 2.44 bits per heavy atom. The minimum Gasteiger partial charge on any atom is -0.454 e. The molecule has 7 heteroatoms. The van der Waals surface area contributed by atoms with Crippen molar-refractivity contribution in [2.24, 2.45) is 0 Å². The lowest BCUT2D eigenvalue weighted by molar-refractivity contribution is 0.0946. The van der Waals surface area contributed by atoms with E-state index < -0.39 is 0 Å². The molecule has 2 aromatic carbocycles. The van der Waals surface area contributed by atoms with Crippen LogP contribution in [0.1, 0.15) is 66.7 Å². The molecule has 1 aliphatic carbocycles. The summed E-state index contributed by atoms with van der Waals surface area (Å²) in [5.74, 6) is 1.89. The maximum atomic E-state index is 12.3. The fourth-order valence-corrected chi connectivity index (χ4v) is 4.00. The molecule has 1 fully saturated rings. The Bertz CT molecular complexity index is 1160. The number of nitrogens with zero attached hydrogens (tertiary/aromatic N) is 2. The van der Waals surface area contributed by atoms with Crippen molar-refractivity contribution in [2.75, 3.05) is 6.79 Å². The first-order valence-corrected chi connectivity index (χ1v) is 11.8. The number of hydrogen-bond acceptors (Lipinski definition) is 6. The molecule has 2 aliphatic rings. The summed E-state index contributed by atoms with van der Waals surface area (Å²) in [6.07, 6.45) is 3.52. The van der Waals surface area contributed by atoms with Crippen LogP contribution in [0, 0.1) is 0 Å². The molecule has 2 heterocycles. The van der Waals surface area contributed by atoms with Crippen LogP contribution in [0.2, 0.25) is 0 Å². The molecule has 1 saturated carbocycles. The minimum atomic E-state index is -0.169. The molecule has 5 rings (SSSR count). The third-order valence-corrected chi connectivity index (χ3v) is 6.13.